The molecular weight excluding hydrogens is 296 g/mol. The van der Waals surface area contributed by atoms with Crippen LogP contribution in [0.15, 0.2) is 33.1 Å². The van der Waals surface area contributed by atoms with E-state index in [-0.39, 0.29) is 6.10 Å². The average Bonchev–Trinajstić information content (AvgIpc) is 3.05. The van der Waals surface area contributed by atoms with Gasteiger partial charge in [0.1, 0.15) is 24.0 Å². The van der Waals surface area contributed by atoms with Crippen LogP contribution in [0, 0.1) is 5.92 Å². The van der Waals surface area contributed by atoms with E-state index in [0.29, 0.717) is 30.1 Å². The highest BCUT2D eigenvalue weighted by Crippen LogP contribution is 2.33. The number of hydrogen-bond acceptors (Lipinski definition) is 6. The summed E-state index contributed by atoms with van der Waals surface area (Å²) in [4.78, 5) is 0. The minimum atomic E-state index is 0.214. The van der Waals surface area contributed by atoms with Crippen LogP contribution in [0.5, 0.6) is 5.75 Å². The molecular formula is C17H18N2O4. The first kappa shape index (κ1) is 14.3. The molecule has 4 rings (SSSR count). The van der Waals surface area contributed by atoms with E-state index in [1.54, 1.807) is 0 Å². The van der Waals surface area contributed by atoms with E-state index in [2.05, 4.69) is 24.0 Å². The molecule has 1 aliphatic heterocycles. The Labute approximate surface area is 133 Å². The molecule has 1 fully saturated rings. The molecule has 1 saturated heterocycles. The number of benzene rings is 1. The summed E-state index contributed by atoms with van der Waals surface area (Å²) in [6, 6.07) is 7.59. The van der Waals surface area contributed by atoms with Crippen LogP contribution in [0.4, 0.5) is 0 Å². The third-order valence-electron chi connectivity index (χ3n) is 3.61. The molecule has 0 radical (unpaired) electrons. The van der Waals surface area contributed by atoms with E-state index in [1.807, 2.05) is 24.3 Å². The number of aromatic nitrogens is 2. The summed E-state index contributed by atoms with van der Waals surface area (Å²) in [6.07, 6.45) is 0.967. The molecule has 6 nitrogen and oxygen atoms in total. The highest BCUT2D eigenvalue weighted by molar-refractivity contribution is 5.87. The zero-order valence-electron chi connectivity index (χ0n) is 13.1. The topological polar surface area (TPSA) is 73.8 Å². The Morgan fingerprint density at radius 3 is 2.91 bits per heavy atom. The lowest BCUT2D eigenvalue weighted by atomic mass is 10.1. The molecule has 1 aromatic carbocycles. The van der Waals surface area contributed by atoms with Crippen LogP contribution in [0.1, 0.15) is 19.7 Å². The molecule has 0 saturated carbocycles. The normalized spacial score (nSPS) is 17.1. The molecule has 0 bridgehead atoms. The van der Waals surface area contributed by atoms with Crippen LogP contribution in [-0.2, 0) is 11.2 Å². The van der Waals surface area contributed by atoms with Crippen molar-refractivity contribution in [2.75, 3.05) is 13.2 Å². The first-order chi connectivity index (χ1) is 11.2. The third-order valence-corrected chi connectivity index (χ3v) is 3.61. The Hall–Kier alpha value is -2.34. The number of fused-ring (bicyclic) bond motifs is 1. The fourth-order valence-electron chi connectivity index (χ4n) is 2.40. The number of rotatable bonds is 6. The lowest BCUT2D eigenvalue weighted by Gasteiger charge is -2.04. The van der Waals surface area contributed by atoms with Crippen molar-refractivity contribution in [3.05, 3.63) is 30.2 Å². The fourth-order valence-corrected chi connectivity index (χ4v) is 2.40. The molecule has 1 aliphatic rings. The third kappa shape index (κ3) is 3.07. The molecule has 3 aromatic rings. The van der Waals surface area contributed by atoms with Gasteiger partial charge in [-0.25, -0.2) is 0 Å². The van der Waals surface area contributed by atoms with Crippen molar-refractivity contribution in [3.63, 3.8) is 0 Å². The predicted octanol–water partition coefficient (Wildman–Crippen LogP) is 3.46. The number of hydrogen-bond donors (Lipinski definition) is 0. The largest absolute Gasteiger partial charge is 0.490 e. The summed E-state index contributed by atoms with van der Waals surface area (Å²) < 4.78 is 22.5. The van der Waals surface area contributed by atoms with Crippen molar-refractivity contribution >= 4 is 11.0 Å². The maximum absolute atomic E-state index is 5.83. The van der Waals surface area contributed by atoms with Gasteiger partial charge in [-0.05, 0) is 18.1 Å². The molecule has 0 aliphatic carbocycles. The van der Waals surface area contributed by atoms with Gasteiger partial charge in [-0.3, -0.25) is 0 Å². The van der Waals surface area contributed by atoms with Crippen molar-refractivity contribution in [1.82, 2.24) is 10.2 Å². The predicted molar refractivity (Wildman–Crippen MR) is 83.3 cm³/mol. The van der Waals surface area contributed by atoms with Crippen LogP contribution in [0.25, 0.3) is 22.6 Å². The molecule has 1 atom stereocenters. The summed E-state index contributed by atoms with van der Waals surface area (Å²) in [5, 5.41) is 9.04. The molecule has 23 heavy (non-hydrogen) atoms. The maximum atomic E-state index is 5.83. The molecule has 2 aromatic heterocycles. The van der Waals surface area contributed by atoms with E-state index in [9.17, 15) is 0 Å². The average molecular weight is 314 g/mol. The number of epoxide rings is 1. The Morgan fingerprint density at radius 1 is 1.26 bits per heavy atom. The van der Waals surface area contributed by atoms with Crippen molar-refractivity contribution in [1.29, 1.82) is 0 Å². The summed E-state index contributed by atoms with van der Waals surface area (Å²) in [6.45, 7) is 5.54. The zero-order valence-corrected chi connectivity index (χ0v) is 13.1. The summed E-state index contributed by atoms with van der Waals surface area (Å²) >= 11 is 0. The lowest BCUT2D eigenvalue weighted by Crippen LogP contribution is -2.03. The van der Waals surface area contributed by atoms with Crippen molar-refractivity contribution in [2.24, 2.45) is 5.92 Å². The van der Waals surface area contributed by atoms with Crippen LogP contribution in [-0.4, -0.2) is 29.5 Å². The van der Waals surface area contributed by atoms with E-state index >= 15 is 0 Å². The first-order valence-electron chi connectivity index (χ1n) is 7.79. The zero-order chi connectivity index (χ0) is 15.8. The molecule has 0 unspecified atom stereocenters. The smallest absolute Gasteiger partial charge is 0.283 e. The van der Waals surface area contributed by atoms with Gasteiger partial charge in [0, 0.05) is 12.5 Å². The number of ether oxygens (including phenoxy) is 2. The standard InChI is InChI=1S/C17H18N2O4/c1-10(2)6-16-18-19-17(23-16)15-7-12-13(21-9-11-8-20-11)4-3-5-14(12)22-15/h3-5,7,10-11H,6,8-9H2,1-2H3/t11-/m0/s1. The van der Waals surface area contributed by atoms with E-state index in [1.165, 1.54) is 0 Å². The SMILES string of the molecule is CC(C)Cc1nnc(-c2cc3c(OC[C@@H]4CO4)cccc3o2)o1. The van der Waals surface area contributed by atoms with Crippen molar-refractivity contribution in [2.45, 2.75) is 26.4 Å². The molecule has 120 valence electrons. The van der Waals surface area contributed by atoms with Gasteiger partial charge < -0.3 is 18.3 Å². The lowest BCUT2D eigenvalue weighted by molar-refractivity contribution is 0.265. The molecule has 0 amide bonds. The van der Waals surface area contributed by atoms with Crippen LogP contribution in [0.3, 0.4) is 0 Å². The van der Waals surface area contributed by atoms with Gasteiger partial charge in [0.05, 0.1) is 12.0 Å². The molecule has 3 heterocycles. The Bertz CT molecular complexity index is 817. The Morgan fingerprint density at radius 2 is 2.13 bits per heavy atom. The summed E-state index contributed by atoms with van der Waals surface area (Å²) in [5.74, 6) is 2.81. The summed E-state index contributed by atoms with van der Waals surface area (Å²) in [5.41, 5.74) is 0.734. The summed E-state index contributed by atoms with van der Waals surface area (Å²) in [7, 11) is 0. The van der Waals surface area contributed by atoms with E-state index in [0.717, 1.165) is 29.7 Å². The van der Waals surface area contributed by atoms with Gasteiger partial charge in [0.2, 0.25) is 5.89 Å². The van der Waals surface area contributed by atoms with E-state index < -0.39 is 0 Å². The highest BCUT2D eigenvalue weighted by atomic mass is 16.6. The fraction of sp³-hybridized carbons (Fsp3) is 0.412. The van der Waals surface area contributed by atoms with Crippen molar-refractivity contribution < 1.29 is 18.3 Å². The van der Waals surface area contributed by atoms with Crippen molar-refractivity contribution in [3.8, 4) is 17.4 Å². The van der Waals surface area contributed by atoms with Gasteiger partial charge in [-0.1, -0.05) is 19.9 Å². The van der Waals surface area contributed by atoms with Gasteiger partial charge in [0.15, 0.2) is 5.76 Å². The molecule has 6 heteroatoms. The highest BCUT2D eigenvalue weighted by Gasteiger charge is 2.24. The van der Waals surface area contributed by atoms with Gasteiger partial charge in [-0.2, -0.15) is 0 Å². The van der Waals surface area contributed by atoms with Crippen LogP contribution in [0.2, 0.25) is 0 Å². The second-order valence-electron chi connectivity index (χ2n) is 6.14. The maximum Gasteiger partial charge on any atom is 0.283 e. The van der Waals surface area contributed by atoms with Crippen LogP contribution >= 0.6 is 0 Å². The second kappa shape index (κ2) is 5.70. The monoisotopic (exact) mass is 314 g/mol. The van der Waals surface area contributed by atoms with Gasteiger partial charge in [0.25, 0.3) is 5.89 Å². The van der Waals surface area contributed by atoms with Gasteiger partial charge in [-0.15, -0.1) is 10.2 Å². The minimum absolute atomic E-state index is 0.214. The number of nitrogens with zero attached hydrogens (tertiary/aromatic N) is 2. The van der Waals surface area contributed by atoms with Crippen LogP contribution < -0.4 is 4.74 Å². The quantitative estimate of drug-likeness (QED) is 0.649. The Kier molecular flexibility index (Phi) is 3.53. The first-order valence-corrected chi connectivity index (χ1v) is 7.79. The van der Waals surface area contributed by atoms with E-state index in [4.69, 9.17) is 18.3 Å². The minimum Gasteiger partial charge on any atom is -0.490 e. The molecule has 0 spiro atoms. The second-order valence-corrected chi connectivity index (χ2v) is 6.14. The Balaban J connectivity index is 1.62. The molecule has 0 N–H and O–H groups in total. The van der Waals surface area contributed by atoms with Gasteiger partial charge >= 0.3 is 0 Å². The number of furan rings is 1.